The van der Waals surface area contributed by atoms with Gasteiger partial charge in [0.2, 0.25) is 0 Å². The first-order valence-corrected chi connectivity index (χ1v) is 10.0. The number of hydrogen-bond acceptors (Lipinski definition) is 5. The lowest BCUT2D eigenvalue weighted by Gasteiger charge is -1.95. The topological polar surface area (TPSA) is 38.7 Å². The summed E-state index contributed by atoms with van der Waals surface area (Å²) >= 11 is 3.29. The molecule has 0 bridgehead atoms. The summed E-state index contributed by atoms with van der Waals surface area (Å²) in [7, 11) is 0. The maximum atomic E-state index is 4.79. The van der Waals surface area contributed by atoms with E-state index in [9.17, 15) is 0 Å². The minimum absolute atomic E-state index is 0.803. The Morgan fingerprint density at radius 1 is 0.654 bits per heavy atom. The van der Waals surface area contributed by atoms with E-state index in [2.05, 4.69) is 68.4 Å². The van der Waals surface area contributed by atoms with Crippen LogP contribution in [0.4, 0.5) is 0 Å². The van der Waals surface area contributed by atoms with Crippen LogP contribution in [0.1, 0.15) is 11.1 Å². The molecule has 5 aromatic rings. The molecule has 0 aliphatic carbocycles. The fourth-order valence-electron chi connectivity index (χ4n) is 2.86. The molecule has 0 amide bonds. The standard InChI is InChI=1S/C21H15N3S2/c1-12-3-7-14(8-4-12)19-22-16-11-17-18(24-21(16)26-19)23-20(25-17)15-9-5-13(2)6-10-15/h3-11H,1-2H3. The summed E-state index contributed by atoms with van der Waals surface area (Å²) in [4.78, 5) is 15.2. The summed E-state index contributed by atoms with van der Waals surface area (Å²) < 4.78 is 1.08. The lowest BCUT2D eigenvalue weighted by molar-refractivity contribution is 1.37. The molecule has 5 rings (SSSR count). The Bertz CT molecular complexity index is 1090. The van der Waals surface area contributed by atoms with Gasteiger partial charge in [-0.25, -0.2) is 15.0 Å². The van der Waals surface area contributed by atoms with Crippen LogP contribution in [0.5, 0.6) is 0 Å². The SMILES string of the molecule is Cc1ccc(-c2nc3nc4sc(-c5ccc(C)cc5)nc4cc3s2)cc1. The van der Waals surface area contributed by atoms with Crippen molar-refractivity contribution in [2.45, 2.75) is 13.8 Å². The molecule has 0 saturated heterocycles. The normalized spacial score (nSPS) is 11.5. The molecule has 0 aliphatic rings. The van der Waals surface area contributed by atoms with Gasteiger partial charge in [0, 0.05) is 11.1 Å². The van der Waals surface area contributed by atoms with Crippen molar-refractivity contribution in [2.75, 3.05) is 0 Å². The summed E-state index contributed by atoms with van der Waals surface area (Å²) in [6.45, 7) is 4.18. The van der Waals surface area contributed by atoms with Gasteiger partial charge in [-0.3, -0.25) is 0 Å². The largest absolute Gasteiger partial charge is 0.234 e. The average molecular weight is 374 g/mol. The highest BCUT2D eigenvalue weighted by atomic mass is 32.1. The zero-order chi connectivity index (χ0) is 17.7. The van der Waals surface area contributed by atoms with Gasteiger partial charge in [0.25, 0.3) is 0 Å². The summed E-state index contributed by atoms with van der Waals surface area (Å²) in [5.74, 6) is 0. The van der Waals surface area contributed by atoms with E-state index in [0.717, 1.165) is 41.8 Å². The van der Waals surface area contributed by atoms with E-state index < -0.39 is 0 Å². The smallest absolute Gasteiger partial charge is 0.172 e. The van der Waals surface area contributed by atoms with E-state index >= 15 is 0 Å². The first-order valence-electron chi connectivity index (χ1n) is 8.38. The quantitative estimate of drug-likeness (QED) is 0.367. The molecule has 26 heavy (non-hydrogen) atoms. The highest BCUT2D eigenvalue weighted by Gasteiger charge is 2.13. The van der Waals surface area contributed by atoms with Gasteiger partial charge in [-0.05, 0) is 19.9 Å². The summed E-state index contributed by atoms with van der Waals surface area (Å²) in [6.07, 6.45) is 0. The second-order valence-electron chi connectivity index (χ2n) is 6.40. The minimum atomic E-state index is 0.803. The number of aromatic nitrogens is 3. The minimum Gasteiger partial charge on any atom is -0.234 e. The molecule has 0 radical (unpaired) electrons. The number of nitrogens with zero attached hydrogens (tertiary/aromatic N) is 3. The monoisotopic (exact) mass is 373 g/mol. The number of aryl methyl sites for hydroxylation is 2. The molecular weight excluding hydrogens is 358 g/mol. The van der Waals surface area contributed by atoms with Gasteiger partial charge in [0.15, 0.2) is 5.65 Å². The Morgan fingerprint density at radius 3 is 1.85 bits per heavy atom. The molecule has 0 aliphatic heterocycles. The molecule has 0 saturated carbocycles. The van der Waals surface area contributed by atoms with E-state index in [-0.39, 0.29) is 0 Å². The van der Waals surface area contributed by atoms with E-state index in [1.807, 2.05) is 0 Å². The maximum absolute atomic E-state index is 4.79. The molecule has 3 aromatic heterocycles. The summed E-state index contributed by atoms with van der Waals surface area (Å²) in [5.41, 5.74) is 6.52. The van der Waals surface area contributed by atoms with E-state index in [1.165, 1.54) is 11.1 Å². The predicted octanol–water partition coefficient (Wildman–Crippen LogP) is 6.25. The van der Waals surface area contributed by atoms with Crippen molar-refractivity contribution in [2.24, 2.45) is 0 Å². The lowest BCUT2D eigenvalue weighted by atomic mass is 10.2. The van der Waals surface area contributed by atoms with Crippen molar-refractivity contribution >= 4 is 43.4 Å². The second-order valence-corrected chi connectivity index (χ2v) is 8.41. The fourth-order valence-corrected chi connectivity index (χ4v) is 4.73. The first-order chi connectivity index (χ1) is 12.7. The summed E-state index contributed by atoms with van der Waals surface area (Å²) in [5, 5.41) is 2.01. The number of benzene rings is 2. The molecule has 0 unspecified atom stereocenters. The van der Waals surface area contributed by atoms with Crippen molar-refractivity contribution in [3.05, 3.63) is 65.7 Å². The summed E-state index contributed by atoms with van der Waals surface area (Å²) in [6, 6.07) is 19.0. The predicted molar refractivity (Wildman–Crippen MR) is 111 cm³/mol. The van der Waals surface area contributed by atoms with E-state index in [4.69, 9.17) is 15.0 Å². The molecule has 0 atom stereocenters. The van der Waals surface area contributed by atoms with Crippen LogP contribution in [0, 0.1) is 13.8 Å². The number of rotatable bonds is 2. The van der Waals surface area contributed by atoms with Crippen molar-refractivity contribution < 1.29 is 0 Å². The number of thiazole rings is 2. The maximum Gasteiger partial charge on any atom is 0.172 e. The van der Waals surface area contributed by atoms with E-state index in [0.29, 0.717) is 0 Å². The molecule has 126 valence electrons. The third kappa shape index (κ3) is 2.69. The average Bonchev–Trinajstić information content (AvgIpc) is 3.23. The Hall–Kier alpha value is -2.63. The molecule has 0 N–H and O–H groups in total. The van der Waals surface area contributed by atoms with Gasteiger partial charge in [-0.1, -0.05) is 71.0 Å². The van der Waals surface area contributed by atoms with Gasteiger partial charge in [0.05, 0.1) is 4.70 Å². The Balaban J connectivity index is 1.60. The lowest BCUT2D eigenvalue weighted by Crippen LogP contribution is -1.79. The van der Waals surface area contributed by atoms with E-state index in [1.54, 1.807) is 22.7 Å². The molecule has 0 fully saturated rings. The third-order valence-electron chi connectivity index (χ3n) is 4.34. The van der Waals surface area contributed by atoms with Gasteiger partial charge in [0.1, 0.15) is 20.4 Å². The number of fused-ring (bicyclic) bond motifs is 2. The Morgan fingerprint density at radius 2 is 1.23 bits per heavy atom. The van der Waals surface area contributed by atoms with Crippen molar-refractivity contribution in [1.29, 1.82) is 0 Å². The van der Waals surface area contributed by atoms with Crippen LogP contribution in [0.2, 0.25) is 0 Å². The van der Waals surface area contributed by atoms with Crippen LogP contribution in [-0.2, 0) is 0 Å². The molecule has 2 aromatic carbocycles. The third-order valence-corrected chi connectivity index (χ3v) is 6.40. The highest BCUT2D eigenvalue weighted by molar-refractivity contribution is 7.22. The van der Waals surface area contributed by atoms with Crippen LogP contribution < -0.4 is 0 Å². The van der Waals surface area contributed by atoms with Crippen LogP contribution in [-0.4, -0.2) is 15.0 Å². The molecule has 0 spiro atoms. The zero-order valence-corrected chi connectivity index (χ0v) is 16.0. The van der Waals surface area contributed by atoms with Crippen molar-refractivity contribution in [1.82, 2.24) is 15.0 Å². The van der Waals surface area contributed by atoms with Crippen molar-refractivity contribution in [3.63, 3.8) is 0 Å². The van der Waals surface area contributed by atoms with Gasteiger partial charge in [-0.15, -0.1) is 11.3 Å². The molecule has 3 heterocycles. The number of pyridine rings is 1. The Labute approximate surface area is 159 Å². The highest BCUT2D eigenvalue weighted by Crippen LogP contribution is 2.35. The molecule has 3 nitrogen and oxygen atoms in total. The van der Waals surface area contributed by atoms with Crippen molar-refractivity contribution in [3.8, 4) is 21.1 Å². The zero-order valence-electron chi connectivity index (χ0n) is 14.4. The fraction of sp³-hybridized carbons (Fsp3) is 0.0952. The van der Waals surface area contributed by atoms with Gasteiger partial charge >= 0.3 is 0 Å². The molecule has 5 heteroatoms. The first kappa shape index (κ1) is 15.6. The Kier molecular flexibility index (Phi) is 3.58. The van der Waals surface area contributed by atoms with Crippen LogP contribution in [0.3, 0.4) is 0 Å². The second kappa shape index (κ2) is 5.97. The van der Waals surface area contributed by atoms with Crippen LogP contribution in [0.25, 0.3) is 41.8 Å². The van der Waals surface area contributed by atoms with Gasteiger partial charge in [-0.2, -0.15) is 0 Å². The molecular formula is C21H15N3S2. The number of hydrogen-bond donors (Lipinski definition) is 0. The van der Waals surface area contributed by atoms with Gasteiger partial charge < -0.3 is 0 Å². The van der Waals surface area contributed by atoms with Crippen LogP contribution in [0.15, 0.2) is 54.6 Å². The van der Waals surface area contributed by atoms with Crippen LogP contribution >= 0.6 is 22.7 Å².